The Morgan fingerprint density at radius 3 is 2.52 bits per heavy atom. The molecule has 1 saturated heterocycles. The number of ether oxygens (including phenoxy) is 2. The molecular weight excluding hydrogens is 394 g/mol. The highest BCUT2D eigenvalue weighted by Crippen LogP contribution is 2.44. The van der Waals surface area contributed by atoms with Crippen LogP contribution in [0.3, 0.4) is 0 Å². The summed E-state index contributed by atoms with van der Waals surface area (Å²) >= 11 is 0. The standard InChI is InChI=1S/C24H25N3O4/c1-25-19-6-4-3-5-18(19)21-22(16-7-9-17(30-2)10-8-16)27(24(29)23(21)25)15-20(28)26-11-13-31-14-12-26/h3-10,22H,11-15H2,1-2H3/t22-/m1/s1. The fourth-order valence-corrected chi connectivity index (χ4v) is 4.72. The van der Waals surface area contributed by atoms with Crippen LogP contribution in [0.5, 0.6) is 5.75 Å². The molecule has 0 N–H and O–H groups in total. The first kappa shape index (κ1) is 19.6. The summed E-state index contributed by atoms with van der Waals surface area (Å²) in [5.41, 5.74) is 3.58. The number of carbonyl (C=O) groups excluding carboxylic acids is 2. The number of aryl methyl sites for hydroxylation is 1. The van der Waals surface area contributed by atoms with Crippen LogP contribution in [0.2, 0.25) is 0 Å². The maximum absolute atomic E-state index is 13.6. The molecule has 2 aliphatic rings. The Bertz CT molecular complexity index is 1150. The van der Waals surface area contributed by atoms with Crippen molar-refractivity contribution in [2.24, 2.45) is 7.05 Å². The van der Waals surface area contributed by atoms with E-state index >= 15 is 0 Å². The number of morpholine rings is 1. The average Bonchev–Trinajstić information content (AvgIpc) is 3.27. The van der Waals surface area contributed by atoms with E-state index in [0.29, 0.717) is 32.0 Å². The number of nitrogens with zero attached hydrogens (tertiary/aromatic N) is 3. The molecule has 160 valence electrons. The molecule has 0 saturated carbocycles. The quantitative estimate of drug-likeness (QED) is 0.652. The van der Waals surface area contributed by atoms with Crippen LogP contribution < -0.4 is 4.74 Å². The van der Waals surface area contributed by atoms with Crippen LogP contribution in [0.15, 0.2) is 48.5 Å². The van der Waals surface area contributed by atoms with Crippen molar-refractivity contribution in [1.29, 1.82) is 0 Å². The Morgan fingerprint density at radius 2 is 1.81 bits per heavy atom. The van der Waals surface area contributed by atoms with Gasteiger partial charge in [-0.3, -0.25) is 9.59 Å². The highest BCUT2D eigenvalue weighted by Gasteiger charge is 2.43. The number of hydrogen-bond acceptors (Lipinski definition) is 4. The van der Waals surface area contributed by atoms with Crippen LogP contribution in [0.1, 0.15) is 27.7 Å². The number of para-hydroxylation sites is 1. The topological polar surface area (TPSA) is 64.0 Å². The Balaban J connectivity index is 1.59. The molecule has 1 fully saturated rings. The molecule has 7 heteroatoms. The molecule has 3 aromatic rings. The number of hydrogen-bond donors (Lipinski definition) is 0. The van der Waals surface area contributed by atoms with E-state index in [1.165, 1.54) is 0 Å². The molecule has 2 aliphatic heterocycles. The minimum atomic E-state index is -0.329. The van der Waals surface area contributed by atoms with Gasteiger partial charge in [0.2, 0.25) is 5.91 Å². The maximum Gasteiger partial charge on any atom is 0.272 e. The summed E-state index contributed by atoms with van der Waals surface area (Å²) in [5, 5.41) is 1.04. The van der Waals surface area contributed by atoms with Crippen molar-refractivity contribution >= 4 is 22.7 Å². The molecule has 0 radical (unpaired) electrons. The van der Waals surface area contributed by atoms with Gasteiger partial charge in [0, 0.05) is 36.6 Å². The van der Waals surface area contributed by atoms with E-state index in [4.69, 9.17) is 9.47 Å². The molecule has 2 aromatic carbocycles. The van der Waals surface area contributed by atoms with Crippen molar-refractivity contribution in [3.05, 3.63) is 65.4 Å². The summed E-state index contributed by atoms with van der Waals surface area (Å²) in [5.74, 6) is 0.588. The van der Waals surface area contributed by atoms with Gasteiger partial charge in [0.25, 0.3) is 5.91 Å². The highest BCUT2D eigenvalue weighted by molar-refractivity contribution is 6.07. The van der Waals surface area contributed by atoms with Crippen LogP contribution in [-0.2, 0) is 16.6 Å². The molecule has 0 bridgehead atoms. The summed E-state index contributed by atoms with van der Waals surface area (Å²) < 4.78 is 12.6. The third-order valence-electron chi connectivity index (χ3n) is 6.30. The Kier molecular flexibility index (Phi) is 4.90. The van der Waals surface area contributed by atoms with Crippen LogP contribution >= 0.6 is 0 Å². The molecule has 7 nitrogen and oxygen atoms in total. The zero-order chi connectivity index (χ0) is 21.5. The average molecular weight is 419 g/mol. The molecular formula is C24H25N3O4. The van der Waals surface area contributed by atoms with Crippen molar-refractivity contribution in [2.45, 2.75) is 6.04 Å². The second kappa shape index (κ2) is 7.74. The summed E-state index contributed by atoms with van der Waals surface area (Å²) in [7, 11) is 3.54. The van der Waals surface area contributed by atoms with E-state index in [9.17, 15) is 9.59 Å². The lowest BCUT2D eigenvalue weighted by molar-refractivity contribution is -0.136. The van der Waals surface area contributed by atoms with Gasteiger partial charge >= 0.3 is 0 Å². The largest absolute Gasteiger partial charge is 0.497 e. The van der Waals surface area contributed by atoms with Gasteiger partial charge in [-0.15, -0.1) is 0 Å². The highest BCUT2D eigenvalue weighted by atomic mass is 16.5. The van der Waals surface area contributed by atoms with Gasteiger partial charge in [-0.1, -0.05) is 30.3 Å². The predicted octanol–water partition coefficient (Wildman–Crippen LogP) is 2.59. The first-order valence-corrected chi connectivity index (χ1v) is 10.5. The van der Waals surface area contributed by atoms with Gasteiger partial charge in [0.1, 0.15) is 18.0 Å². The van der Waals surface area contributed by atoms with Crippen molar-refractivity contribution in [3.63, 3.8) is 0 Å². The minimum Gasteiger partial charge on any atom is -0.497 e. The number of methoxy groups -OCH3 is 1. The lowest BCUT2D eigenvalue weighted by atomic mass is 9.98. The smallest absolute Gasteiger partial charge is 0.272 e. The lowest BCUT2D eigenvalue weighted by Gasteiger charge is -2.31. The normalized spacial score (nSPS) is 18.5. The lowest BCUT2D eigenvalue weighted by Crippen LogP contribution is -2.46. The third kappa shape index (κ3) is 3.16. The first-order chi connectivity index (χ1) is 15.1. The van der Waals surface area contributed by atoms with E-state index in [1.54, 1.807) is 16.9 Å². The van der Waals surface area contributed by atoms with Crippen LogP contribution in [0, 0.1) is 0 Å². The summed E-state index contributed by atoms with van der Waals surface area (Å²) in [4.78, 5) is 30.1. The van der Waals surface area contributed by atoms with Crippen molar-refractivity contribution in [1.82, 2.24) is 14.4 Å². The fourth-order valence-electron chi connectivity index (χ4n) is 4.72. The molecule has 0 aliphatic carbocycles. The molecule has 31 heavy (non-hydrogen) atoms. The van der Waals surface area contributed by atoms with Gasteiger partial charge in [0.15, 0.2) is 0 Å². The molecule has 1 aromatic heterocycles. The zero-order valence-corrected chi connectivity index (χ0v) is 17.7. The van der Waals surface area contributed by atoms with Crippen molar-refractivity contribution in [3.8, 4) is 5.75 Å². The van der Waals surface area contributed by atoms with Gasteiger partial charge in [-0.25, -0.2) is 0 Å². The number of benzene rings is 2. The van der Waals surface area contributed by atoms with Crippen molar-refractivity contribution < 1.29 is 19.1 Å². The second-order valence-electron chi connectivity index (χ2n) is 7.94. The SMILES string of the molecule is COc1ccc([C@@H]2c3c(n(C)c4ccccc34)C(=O)N2CC(=O)N2CCOCC2)cc1. The van der Waals surface area contributed by atoms with Gasteiger partial charge in [-0.2, -0.15) is 0 Å². The first-order valence-electron chi connectivity index (χ1n) is 10.5. The van der Waals surface area contributed by atoms with E-state index in [0.717, 1.165) is 27.8 Å². The molecule has 2 amide bonds. The maximum atomic E-state index is 13.6. The van der Waals surface area contributed by atoms with Crippen molar-refractivity contribution in [2.75, 3.05) is 40.0 Å². The van der Waals surface area contributed by atoms with Gasteiger partial charge in [0.05, 0.1) is 26.4 Å². The van der Waals surface area contributed by atoms with E-state index in [2.05, 4.69) is 0 Å². The number of rotatable bonds is 4. The molecule has 3 heterocycles. The minimum absolute atomic E-state index is 0.0402. The summed E-state index contributed by atoms with van der Waals surface area (Å²) in [6, 6.07) is 15.4. The number of aromatic nitrogens is 1. The number of fused-ring (bicyclic) bond motifs is 3. The Labute approximate surface area is 180 Å². The predicted molar refractivity (Wildman–Crippen MR) is 116 cm³/mol. The fraction of sp³-hybridized carbons (Fsp3) is 0.333. The molecule has 1 atom stereocenters. The summed E-state index contributed by atoms with van der Waals surface area (Å²) in [6.07, 6.45) is 0. The van der Waals surface area contributed by atoms with Crippen LogP contribution in [0.4, 0.5) is 0 Å². The Hall–Kier alpha value is -3.32. The summed E-state index contributed by atoms with van der Waals surface area (Å²) in [6.45, 7) is 2.23. The van der Waals surface area contributed by atoms with E-state index in [1.807, 2.05) is 60.1 Å². The van der Waals surface area contributed by atoms with Crippen LogP contribution in [0.25, 0.3) is 10.9 Å². The van der Waals surface area contributed by atoms with E-state index in [-0.39, 0.29) is 24.4 Å². The number of amides is 2. The molecule has 0 spiro atoms. The van der Waals surface area contributed by atoms with Gasteiger partial charge in [-0.05, 0) is 23.8 Å². The van der Waals surface area contributed by atoms with Crippen LogP contribution in [-0.4, -0.2) is 66.1 Å². The van der Waals surface area contributed by atoms with Gasteiger partial charge < -0.3 is 23.8 Å². The molecule has 5 rings (SSSR count). The Morgan fingerprint density at radius 1 is 1.10 bits per heavy atom. The van der Waals surface area contributed by atoms with E-state index < -0.39 is 0 Å². The monoisotopic (exact) mass is 419 g/mol. The molecule has 0 unspecified atom stereocenters. The zero-order valence-electron chi connectivity index (χ0n) is 17.7. The second-order valence-corrected chi connectivity index (χ2v) is 7.94. The third-order valence-corrected chi connectivity index (χ3v) is 6.30. The number of carbonyl (C=O) groups is 2.